The molecule has 1 aromatic rings. The van der Waals surface area contributed by atoms with Crippen LogP contribution >= 0.6 is 11.3 Å². The molecule has 0 aliphatic rings. The van der Waals surface area contributed by atoms with Crippen molar-refractivity contribution in [3.63, 3.8) is 0 Å². The fourth-order valence-corrected chi connectivity index (χ4v) is 2.50. The van der Waals surface area contributed by atoms with E-state index in [-0.39, 0.29) is 5.41 Å². The third-order valence-corrected chi connectivity index (χ3v) is 4.53. The SMILES string of the molecule is CC(CNCc1ccc(C(C)(C)C)s1)N(C)C. The Morgan fingerprint density at radius 3 is 2.41 bits per heavy atom. The third-order valence-electron chi connectivity index (χ3n) is 3.02. The van der Waals surface area contributed by atoms with Gasteiger partial charge in [0, 0.05) is 28.9 Å². The summed E-state index contributed by atoms with van der Waals surface area (Å²) in [5, 5.41) is 3.52. The number of hydrogen-bond acceptors (Lipinski definition) is 3. The van der Waals surface area contributed by atoms with Crippen LogP contribution in [0.5, 0.6) is 0 Å². The van der Waals surface area contributed by atoms with Gasteiger partial charge in [0.2, 0.25) is 0 Å². The molecule has 0 bridgehead atoms. The Morgan fingerprint density at radius 1 is 1.29 bits per heavy atom. The van der Waals surface area contributed by atoms with E-state index in [1.54, 1.807) is 0 Å². The standard InChI is InChI=1S/C14H26N2S/c1-11(16(5)6)9-15-10-12-7-8-13(17-12)14(2,3)4/h7-8,11,15H,9-10H2,1-6H3. The van der Waals surface area contributed by atoms with Crippen molar-refractivity contribution in [2.75, 3.05) is 20.6 Å². The molecule has 0 radical (unpaired) electrons. The molecule has 1 atom stereocenters. The Labute approximate surface area is 110 Å². The van der Waals surface area contributed by atoms with Crippen LogP contribution in [-0.2, 0) is 12.0 Å². The fraction of sp³-hybridized carbons (Fsp3) is 0.714. The number of rotatable bonds is 5. The second kappa shape index (κ2) is 5.98. The van der Waals surface area contributed by atoms with Gasteiger partial charge in [0.25, 0.3) is 0 Å². The quantitative estimate of drug-likeness (QED) is 0.868. The van der Waals surface area contributed by atoms with Crippen molar-refractivity contribution in [1.82, 2.24) is 10.2 Å². The first-order chi connectivity index (χ1) is 7.80. The summed E-state index contributed by atoms with van der Waals surface area (Å²) in [7, 11) is 4.24. The lowest BCUT2D eigenvalue weighted by Crippen LogP contribution is -2.34. The maximum atomic E-state index is 3.52. The van der Waals surface area contributed by atoms with Crippen LogP contribution in [0, 0.1) is 0 Å². The first kappa shape index (κ1) is 14.7. The fourth-order valence-electron chi connectivity index (χ4n) is 1.46. The molecule has 0 fully saturated rings. The Bertz CT molecular complexity index is 336. The lowest BCUT2D eigenvalue weighted by molar-refractivity contribution is 0.303. The van der Waals surface area contributed by atoms with Crippen LogP contribution in [0.4, 0.5) is 0 Å². The molecule has 1 N–H and O–H groups in total. The van der Waals surface area contributed by atoms with Crippen molar-refractivity contribution < 1.29 is 0 Å². The molecule has 2 nitrogen and oxygen atoms in total. The van der Waals surface area contributed by atoms with Crippen LogP contribution in [-0.4, -0.2) is 31.6 Å². The van der Waals surface area contributed by atoms with Gasteiger partial charge < -0.3 is 10.2 Å². The highest BCUT2D eigenvalue weighted by Gasteiger charge is 2.15. The lowest BCUT2D eigenvalue weighted by atomic mass is 9.95. The zero-order valence-corrected chi connectivity index (χ0v) is 12.8. The molecule has 1 rings (SSSR count). The van der Waals surface area contributed by atoms with Crippen molar-refractivity contribution in [1.29, 1.82) is 0 Å². The van der Waals surface area contributed by atoms with E-state index in [0.29, 0.717) is 6.04 Å². The van der Waals surface area contributed by atoms with Crippen LogP contribution < -0.4 is 5.32 Å². The van der Waals surface area contributed by atoms with Crippen molar-refractivity contribution in [2.45, 2.75) is 45.7 Å². The Kier molecular flexibility index (Phi) is 5.17. The van der Waals surface area contributed by atoms with Gasteiger partial charge in [-0.15, -0.1) is 11.3 Å². The molecule has 0 aromatic carbocycles. The van der Waals surface area contributed by atoms with Gasteiger partial charge in [-0.25, -0.2) is 0 Å². The molecular weight excluding hydrogens is 228 g/mol. The maximum absolute atomic E-state index is 3.52. The van der Waals surface area contributed by atoms with Gasteiger partial charge in [0.05, 0.1) is 0 Å². The summed E-state index contributed by atoms with van der Waals surface area (Å²) in [4.78, 5) is 5.14. The van der Waals surface area contributed by atoms with E-state index < -0.39 is 0 Å². The second-order valence-electron chi connectivity index (χ2n) is 5.96. The predicted molar refractivity (Wildman–Crippen MR) is 77.9 cm³/mol. The van der Waals surface area contributed by atoms with Crippen LogP contribution in [0.2, 0.25) is 0 Å². The molecule has 3 heteroatoms. The zero-order valence-electron chi connectivity index (χ0n) is 12.0. The van der Waals surface area contributed by atoms with E-state index in [2.05, 4.69) is 64.1 Å². The number of likely N-dealkylation sites (N-methyl/N-ethyl adjacent to an activating group) is 1. The molecule has 0 spiro atoms. The first-order valence-corrected chi connectivity index (χ1v) is 7.08. The molecule has 17 heavy (non-hydrogen) atoms. The smallest absolute Gasteiger partial charge is 0.0300 e. The van der Waals surface area contributed by atoms with Crippen molar-refractivity contribution in [2.24, 2.45) is 0 Å². The van der Waals surface area contributed by atoms with E-state index in [1.807, 2.05) is 11.3 Å². The summed E-state index contributed by atoms with van der Waals surface area (Å²) >= 11 is 1.92. The molecule has 1 aromatic heterocycles. The summed E-state index contributed by atoms with van der Waals surface area (Å²) in [6.45, 7) is 11.1. The molecule has 1 unspecified atom stereocenters. The molecule has 0 amide bonds. The first-order valence-electron chi connectivity index (χ1n) is 6.27. The minimum Gasteiger partial charge on any atom is -0.310 e. The average Bonchev–Trinajstić information content (AvgIpc) is 2.65. The average molecular weight is 254 g/mol. The Hall–Kier alpha value is -0.380. The molecular formula is C14H26N2S. The number of thiophene rings is 1. The highest BCUT2D eigenvalue weighted by molar-refractivity contribution is 7.12. The summed E-state index contributed by atoms with van der Waals surface area (Å²) in [5.41, 5.74) is 0.278. The number of hydrogen-bond donors (Lipinski definition) is 1. The maximum Gasteiger partial charge on any atom is 0.0300 e. The topological polar surface area (TPSA) is 15.3 Å². The normalized spacial score (nSPS) is 14.3. The van der Waals surface area contributed by atoms with Gasteiger partial charge in [-0.2, -0.15) is 0 Å². The number of nitrogens with zero attached hydrogens (tertiary/aromatic N) is 1. The number of nitrogens with one attached hydrogen (secondary N) is 1. The monoisotopic (exact) mass is 254 g/mol. The van der Waals surface area contributed by atoms with Gasteiger partial charge >= 0.3 is 0 Å². The van der Waals surface area contributed by atoms with E-state index >= 15 is 0 Å². The van der Waals surface area contributed by atoms with E-state index in [1.165, 1.54) is 9.75 Å². The molecule has 0 aliphatic heterocycles. The molecule has 0 saturated carbocycles. The molecule has 0 saturated heterocycles. The van der Waals surface area contributed by atoms with Gasteiger partial charge in [-0.05, 0) is 38.6 Å². The predicted octanol–water partition coefficient (Wildman–Crippen LogP) is 3.09. The zero-order chi connectivity index (χ0) is 13.1. The molecule has 1 heterocycles. The van der Waals surface area contributed by atoms with E-state index in [0.717, 1.165) is 13.1 Å². The van der Waals surface area contributed by atoms with Crippen molar-refractivity contribution >= 4 is 11.3 Å². The summed E-state index contributed by atoms with van der Waals surface area (Å²) in [6.07, 6.45) is 0. The summed E-state index contributed by atoms with van der Waals surface area (Å²) < 4.78 is 0. The summed E-state index contributed by atoms with van der Waals surface area (Å²) in [6, 6.07) is 5.09. The third kappa shape index (κ3) is 4.78. The highest BCUT2D eigenvalue weighted by Crippen LogP contribution is 2.29. The van der Waals surface area contributed by atoms with Gasteiger partial charge in [0.1, 0.15) is 0 Å². The van der Waals surface area contributed by atoms with Gasteiger partial charge in [-0.1, -0.05) is 20.8 Å². The van der Waals surface area contributed by atoms with Gasteiger partial charge in [-0.3, -0.25) is 0 Å². The second-order valence-corrected chi connectivity index (χ2v) is 7.13. The van der Waals surface area contributed by atoms with Gasteiger partial charge in [0.15, 0.2) is 0 Å². The van der Waals surface area contributed by atoms with E-state index in [9.17, 15) is 0 Å². The lowest BCUT2D eigenvalue weighted by Gasteiger charge is -2.19. The minimum atomic E-state index is 0.278. The molecule has 0 aliphatic carbocycles. The van der Waals surface area contributed by atoms with Crippen LogP contribution in [0.1, 0.15) is 37.4 Å². The highest BCUT2D eigenvalue weighted by atomic mass is 32.1. The largest absolute Gasteiger partial charge is 0.310 e. The van der Waals surface area contributed by atoms with Crippen LogP contribution in [0.25, 0.3) is 0 Å². The minimum absolute atomic E-state index is 0.278. The Balaban J connectivity index is 2.41. The van der Waals surface area contributed by atoms with E-state index in [4.69, 9.17) is 0 Å². The van der Waals surface area contributed by atoms with Crippen molar-refractivity contribution in [3.05, 3.63) is 21.9 Å². The summed E-state index contributed by atoms with van der Waals surface area (Å²) in [5.74, 6) is 0. The molecule has 98 valence electrons. The van der Waals surface area contributed by atoms with Crippen LogP contribution in [0.15, 0.2) is 12.1 Å². The van der Waals surface area contributed by atoms with Crippen molar-refractivity contribution in [3.8, 4) is 0 Å². The Morgan fingerprint density at radius 2 is 1.94 bits per heavy atom. The van der Waals surface area contributed by atoms with Crippen LogP contribution in [0.3, 0.4) is 0 Å².